The molecular weight excluding hydrogens is 284 g/mol. The highest BCUT2D eigenvalue weighted by atomic mass is 79.9. The molecule has 0 bridgehead atoms. The molecule has 1 saturated carbocycles. The lowest BCUT2D eigenvalue weighted by molar-refractivity contribution is -0.123. The van der Waals surface area contributed by atoms with Crippen LogP contribution in [-0.4, -0.2) is 29.7 Å². The standard InChI is InChI=1S/C12H21BrN2O2/c13-8-2-1-4-11(16)14-9-3-5-12(17)15-10-6-7-10/h10H,1-9H2,(H,14,16)(H,15,17). The maximum atomic E-state index is 11.3. The first-order chi connectivity index (χ1) is 8.22. The summed E-state index contributed by atoms with van der Waals surface area (Å²) in [7, 11) is 0. The molecule has 2 amide bonds. The number of alkyl halides is 1. The van der Waals surface area contributed by atoms with Crippen molar-refractivity contribution in [2.24, 2.45) is 0 Å². The molecule has 17 heavy (non-hydrogen) atoms. The lowest BCUT2D eigenvalue weighted by Crippen LogP contribution is -2.28. The summed E-state index contributed by atoms with van der Waals surface area (Å²) in [6, 6.07) is 0.432. The smallest absolute Gasteiger partial charge is 0.220 e. The molecule has 0 atom stereocenters. The van der Waals surface area contributed by atoms with Gasteiger partial charge in [0.2, 0.25) is 11.8 Å². The molecule has 0 spiro atoms. The molecule has 98 valence electrons. The minimum atomic E-state index is 0.0913. The van der Waals surface area contributed by atoms with E-state index in [0.29, 0.717) is 25.4 Å². The Bertz CT molecular complexity index is 255. The fraction of sp³-hybridized carbons (Fsp3) is 0.833. The molecule has 2 N–H and O–H groups in total. The third-order valence-corrected chi connectivity index (χ3v) is 3.19. The minimum Gasteiger partial charge on any atom is -0.356 e. The van der Waals surface area contributed by atoms with Crippen LogP contribution in [-0.2, 0) is 9.59 Å². The summed E-state index contributed by atoms with van der Waals surface area (Å²) < 4.78 is 0. The van der Waals surface area contributed by atoms with Gasteiger partial charge in [-0.3, -0.25) is 9.59 Å². The summed E-state index contributed by atoms with van der Waals surface area (Å²) in [4.78, 5) is 22.6. The van der Waals surface area contributed by atoms with Gasteiger partial charge in [-0.1, -0.05) is 15.9 Å². The Morgan fingerprint density at radius 2 is 1.76 bits per heavy atom. The monoisotopic (exact) mass is 304 g/mol. The van der Waals surface area contributed by atoms with Crippen LogP contribution in [0.25, 0.3) is 0 Å². The fourth-order valence-electron chi connectivity index (χ4n) is 1.47. The van der Waals surface area contributed by atoms with Crippen LogP contribution in [0.5, 0.6) is 0 Å². The molecule has 0 aromatic heterocycles. The predicted octanol–water partition coefficient (Wildman–Crippen LogP) is 1.73. The van der Waals surface area contributed by atoms with Gasteiger partial charge in [0.05, 0.1) is 0 Å². The van der Waals surface area contributed by atoms with Crippen LogP contribution in [0.2, 0.25) is 0 Å². The molecule has 0 saturated heterocycles. The molecule has 1 rings (SSSR count). The van der Waals surface area contributed by atoms with Crippen molar-refractivity contribution in [1.29, 1.82) is 0 Å². The van der Waals surface area contributed by atoms with Crippen molar-refractivity contribution in [3.8, 4) is 0 Å². The summed E-state index contributed by atoms with van der Waals surface area (Å²) in [6.07, 6.45) is 6.00. The zero-order chi connectivity index (χ0) is 12.5. The van der Waals surface area contributed by atoms with Crippen molar-refractivity contribution in [2.75, 3.05) is 11.9 Å². The van der Waals surface area contributed by atoms with Gasteiger partial charge in [-0.05, 0) is 32.1 Å². The average Bonchev–Trinajstić information content (AvgIpc) is 3.09. The minimum absolute atomic E-state index is 0.0913. The van der Waals surface area contributed by atoms with E-state index in [-0.39, 0.29) is 11.8 Å². The highest BCUT2D eigenvalue weighted by Gasteiger charge is 2.22. The molecule has 1 fully saturated rings. The largest absolute Gasteiger partial charge is 0.356 e. The van der Waals surface area contributed by atoms with E-state index >= 15 is 0 Å². The Hall–Kier alpha value is -0.580. The van der Waals surface area contributed by atoms with Gasteiger partial charge in [0, 0.05) is 30.8 Å². The molecule has 0 aromatic carbocycles. The van der Waals surface area contributed by atoms with Crippen LogP contribution in [0.15, 0.2) is 0 Å². The molecule has 0 unspecified atom stereocenters. The number of rotatable bonds is 9. The fourth-order valence-corrected chi connectivity index (χ4v) is 1.87. The van der Waals surface area contributed by atoms with Gasteiger partial charge in [-0.25, -0.2) is 0 Å². The Morgan fingerprint density at radius 3 is 2.41 bits per heavy atom. The number of carbonyl (C=O) groups is 2. The summed E-state index contributed by atoms with van der Waals surface area (Å²) in [5, 5.41) is 6.70. The van der Waals surface area contributed by atoms with Gasteiger partial charge in [-0.15, -0.1) is 0 Å². The maximum Gasteiger partial charge on any atom is 0.220 e. The number of nitrogens with one attached hydrogen (secondary N) is 2. The van der Waals surface area contributed by atoms with E-state index in [1.807, 2.05) is 0 Å². The van der Waals surface area contributed by atoms with Gasteiger partial charge in [0.15, 0.2) is 0 Å². The molecule has 0 heterocycles. The topological polar surface area (TPSA) is 58.2 Å². The maximum absolute atomic E-state index is 11.3. The van der Waals surface area contributed by atoms with Crippen molar-refractivity contribution in [2.45, 2.75) is 51.0 Å². The van der Waals surface area contributed by atoms with E-state index in [4.69, 9.17) is 0 Å². The number of amides is 2. The molecule has 0 aromatic rings. The summed E-state index contributed by atoms with van der Waals surface area (Å²) >= 11 is 3.33. The molecule has 0 radical (unpaired) electrons. The quantitative estimate of drug-likeness (QED) is 0.503. The number of unbranched alkanes of at least 4 members (excludes halogenated alkanes) is 1. The van der Waals surface area contributed by atoms with Crippen molar-refractivity contribution in [3.05, 3.63) is 0 Å². The van der Waals surface area contributed by atoms with Gasteiger partial charge in [-0.2, -0.15) is 0 Å². The first-order valence-electron chi connectivity index (χ1n) is 6.34. The van der Waals surface area contributed by atoms with Crippen LogP contribution >= 0.6 is 15.9 Å². The van der Waals surface area contributed by atoms with Gasteiger partial charge in [0.25, 0.3) is 0 Å². The first-order valence-corrected chi connectivity index (χ1v) is 7.46. The summed E-state index contributed by atoms with van der Waals surface area (Å²) in [5.74, 6) is 0.203. The Kier molecular flexibility index (Phi) is 7.24. The summed E-state index contributed by atoms with van der Waals surface area (Å²) in [6.45, 7) is 0.602. The van der Waals surface area contributed by atoms with Crippen LogP contribution < -0.4 is 10.6 Å². The normalized spacial score (nSPS) is 14.4. The Balaban J connectivity index is 1.88. The van der Waals surface area contributed by atoms with E-state index in [1.165, 1.54) is 0 Å². The third kappa shape index (κ3) is 8.18. The number of halogens is 1. The van der Waals surface area contributed by atoms with Crippen LogP contribution in [0, 0.1) is 0 Å². The van der Waals surface area contributed by atoms with Crippen LogP contribution in [0.4, 0.5) is 0 Å². The predicted molar refractivity (Wildman–Crippen MR) is 71.1 cm³/mol. The van der Waals surface area contributed by atoms with Gasteiger partial charge < -0.3 is 10.6 Å². The van der Waals surface area contributed by atoms with E-state index in [9.17, 15) is 9.59 Å². The SMILES string of the molecule is O=C(CCCCBr)NCCCC(=O)NC1CC1. The zero-order valence-corrected chi connectivity index (χ0v) is 11.7. The molecular formula is C12H21BrN2O2. The van der Waals surface area contributed by atoms with Crippen LogP contribution in [0.1, 0.15) is 44.9 Å². The van der Waals surface area contributed by atoms with Crippen molar-refractivity contribution < 1.29 is 9.59 Å². The Morgan fingerprint density at radius 1 is 1.06 bits per heavy atom. The van der Waals surface area contributed by atoms with Crippen molar-refractivity contribution in [1.82, 2.24) is 10.6 Å². The second kappa shape index (κ2) is 8.50. The van der Waals surface area contributed by atoms with E-state index in [0.717, 1.165) is 37.4 Å². The lowest BCUT2D eigenvalue weighted by Gasteiger charge is -2.05. The van der Waals surface area contributed by atoms with Gasteiger partial charge in [0.1, 0.15) is 0 Å². The third-order valence-electron chi connectivity index (χ3n) is 2.63. The number of carbonyl (C=O) groups excluding carboxylic acids is 2. The van der Waals surface area contributed by atoms with E-state index in [1.54, 1.807) is 0 Å². The lowest BCUT2D eigenvalue weighted by atomic mass is 10.2. The number of hydrogen-bond donors (Lipinski definition) is 2. The second-order valence-corrected chi connectivity index (χ2v) is 5.23. The molecule has 4 nitrogen and oxygen atoms in total. The summed E-state index contributed by atoms with van der Waals surface area (Å²) in [5.41, 5.74) is 0. The van der Waals surface area contributed by atoms with Crippen molar-refractivity contribution >= 4 is 27.7 Å². The molecule has 1 aliphatic carbocycles. The number of hydrogen-bond acceptors (Lipinski definition) is 2. The second-order valence-electron chi connectivity index (χ2n) is 4.44. The highest BCUT2D eigenvalue weighted by Crippen LogP contribution is 2.18. The first kappa shape index (κ1) is 14.5. The van der Waals surface area contributed by atoms with Gasteiger partial charge >= 0.3 is 0 Å². The molecule has 1 aliphatic rings. The molecule has 5 heteroatoms. The zero-order valence-electron chi connectivity index (χ0n) is 10.1. The molecule has 0 aliphatic heterocycles. The Labute approximate surface area is 111 Å². The van der Waals surface area contributed by atoms with E-state index < -0.39 is 0 Å². The van der Waals surface area contributed by atoms with Crippen molar-refractivity contribution in [3.63, 3.8) is 0 Å². The van der Waals surface area contributed by atoms with E-state index in [2.05, 4.69) is 26.6 Å². The average molecular weight is 305 g/mol. The van der Waals surface area contributed by atoms with Crippen LogP contribution in [0.3, 0.4) is 0 Å². The highest BCUT2D eigenvalue weighted by molar-refractivity contribution is 9.09.